The molecule has 3 heterocycles. The van der Waals surface area contributed by atoms with Gasteiger partial charge in [-0.25, -0.2) is 9.97 Å². The van der Waals surface area contributed by atoms with E-state index in [0.717, 1.165) is 22.8 Å². The van der Waals surface area contributed by atoms with Crippen molar-refractivity contribution in [3.05, 3.63) is 42.9 Å². The number of aromatic nitrogens is 3. The molecular formula is C14H11N3O2. The van der Waals surface area contributed by atoms with Gasteiger partial charge in [0, 0.05) is 24.2 Å². The lowest BCUT2D eigenvalue weighted by Gasteiger charge is -2.18. The van der Waals surface area contributed by atoms with E-state index in [-0.39, 0.29) is 0 Å². The number of fused-ring (bicyclic) bond motifs is 2. The summed E-state index contributed by atoms with van der Waals surface area (Å²) in [6, 6.07) is 7.73. The van der Waals surface area contributed by atoms with Gasteiger partial charge in [0.15, 0.2) is 11.5 Å². The Morgan fingerprint density at radius 1 is 1.11 bits per heavy atom. The highest BCUT2D eigenvalue weighted by Crippen LogP contribution is 2.34. The van der Waals surface area contributed by atoms with Gasteiger partial charge in [-0.1, -0.05) is 0 Å². The van der Waals surface area contributed by atoms with Crippen molar-refractivity contribution in [3.8, 4) is 22.8 Å². The minimum atomic E-state index is 0.586. The molecule has 0 spiro atoms. The van der Waals surface area contributed by atoms with E-state index in [4.69, 9.17) is 9.47 Å². The molecule has 4 rings (SSSR count). The van der Waals surface area contributed by atoms with Crippen LogP contribution < -0.4 is 9.47 Å². The Morgan fingerprint density at radius 2 is 2.00 bits per heavy atom. The molecule has 0 N–H and O–H groups in total. The SMILES string of the molecule is c1cnc2nc(-c3ccc4c(c3)OCCO4)cn2c1. The van der Waals surface area contributed by atoms with Gasteiger partial charge < -0.3 is 9.47 Å². The molecule has 19 heavy (non-hydrogen) atoms. The number of imidazole rings is 1. The molecule has 0 atom stereocenters. The zero-order chi connectivity index (χ0) is 12.7. The highest BCUT2D eigenvalue weighted by Gasteiger charge is 2.13. The first-order chi connectivity index (χ1) is 9.40. The van der Waals surface area contributed by atoms with E-state index in [9.17, 15) is 0 Å². The van der Waals surface area contributed by atoms with Crippen LogP contribution in [0.15, 0.2) is 42.9 Å². The molecule has 94 valence electrons. The van der Waals surface area contributed by atoms with Gasteiger partial charge in [-0.3, -0.25) is 4.40 Å². The van der Waals surface area contributed by atoms with Crippen LogP contribution >= 0.6 is 0 Å². The standard InChI is InChI=1S/C14H11N3O2/c1-4-15-14-16-11(9-17(14)5-1)10-2-3-12-13(8-10)19-7-6-18-12/h1-5,8-9H,6-7H2. The molecule has 0 saturated heterocycles. The second-order valence-electron chi connectivity index (χ2n) is 4.31. The molecule has 5 heteroatoms. The van der Waals surface area contributed by atoms with Crippen molar-refractivity contribution in [3.63, 3.8) is 0 Å². The predicted octanol–water partition coefficient (Wildman–Crippen LogP) is 2.17. The second-order valence-corrected chi connectivity index (χ2v) is 4.31. The van der Waals surface area contributed by atoms with Gasteiger partial charge in [0.1, 0.15) is 13.2 Å². The van der Waals surface area contributed by atoms with Crippen LogP contribution in [0.5, 0.6) is 11.5 Å². The van der Waals surface area contributed by atoms with Gasteiger partial charge >= 0.3 is 0 Å². The van der Waals surface area contributed by atoms with Crippen molar-refractivity contribution in [1.82, 2.24) is 14.4 Å². The second kappa shape index (κ2) is 3.98. The first kappa shape index (κ1) is 10.4. The molecule has 2 aromatic heterocycles. The average molecular weight is 253 g/mol. The zero-order valence-electron chi connectivity index (χ0n) is 10.1. The van der Waals surface area contributed by atoms with Crippen LogP contribution in [0.1, 0.15) is 0 Å². The summed E-state index contributed by atoms with van der Waals surface area (Å²) >= 11 is 0. The van der Waals surface area contributed by atoms with Crippen LogP contribution in [0.25, 0.3) is 17.0 Å². The molecule has 0 bridgehead atoms. The van der Waals surface area contributed by atoms with Crippen LogP contribution in [0.4, 0.5) is 0 Å². The topological polar surface area (TPSA) is 48.7 Å². The minimum absolute atomic E-state index is 0.586. The summed E-state index contributed by atoms with van der Waals surface area (Å²) in [5, 5.41) is 0. The first-order valence-corrected chi connectivity index (χ1v) is 6.10. The third-order valence-corrected chi connectivity index (χ3v) is 3.07. The summed E-state index contributed by atoms with van der Waals surface area (Å²) in [6.07, 6.45) is 5.61. The summed E-state index contributed by atoms with van der Waals surface area (Å²) in [5.41, 5.74) is 1.87. The maximum atomic E-state index is 5.58. The lowest BCUT2D eigenvalue weighted by Crippen LogP contribution is -2.15. The molecule has 0 amide bonds. The van der Waals surface area contributed by atoms with E-state index in [1.807, 2.05) is 41.1 Å². The Bertz CT molecular complexity index is 718. The normalized spacial score (nSPS) is 13.7. The van der Waals surface area contributed by atoms with Crippen LogP contribution in [0.2, 0.25) is 0 Å². The number of nitrogens with zero attached hydrogens (tertiary/aromatic N) is 3. The summed E-state index contributed by atoms with van der Waals surface area (Å²) < 4.78 is 13.0. The molecule has 0 aliphatic carbocycles. The van der Waals surface area contributed by atoms with E-state index in [0.29, 0.717) is 19.0 Å². The van der Waals surface area contributed by atoms with Crippen molar-refractivity contribution in [1.29, 1.82) is 0 Å². The lowest BCUT2D eigenvalue weighted by atomic mass is 10.1. The summed E-state index contributed by atoms with van der Waals surface area (Å²) in [4.78, 5) is 8.70. The van der Waals surface area contributed by atoms with E-state index in [1.165, 1.54) is 0 Å². The molecule has 0 fully saturated rings. The Balaban J connectivity index is 1.83. The Kier molecular flexibility index (Phi) is 2.17. The van der Waals surface area contributed by atoms with Crippen LogP contribution in [-0.4, -0.2) is 27.6 Å². The van der Waals surface area contributed by atoms with Crippen molar-refractivity contribution in [2.75, 3.05) is 13.2 Å². The number of hydrogen-bond acceptors (Lipinski definition) is 4. The van der Waals surface area contributed by atoms with E-state index in [1.54, 1.807) is 6.20 Å². The van der Waals surface area contributed by atoms with Crippen molar-refractivity contribution < 1.29 is 9.47 Å². The fourth-order valence-electron chi connectivity index (χ4n) is 2.17. The Hall–Kier alpha value is -2.56. The van der Waals surface area contributed by atoms with Gasteiger partial charge in [0.2, 0.25) is 5.78 Å². The molecule has 1 aliphatic rings. The molecule has 3 aromatic rings. The van der Waals surface area contributed by atoms with Crippen molar-refractivity contribution in [2.45, 2.75) is 0 Å². The Morgan fingerprint density at radius 3 is 2.89 bits per heavy atom. The molecule has 5 nitrogen and oxygen atoms in total. The van der Waals surface area contributed by atoms with Crippen molar-refractivity contribution >= 4 is 5.78 Å². The zero-order valence-corrected chi connectivity index (χ0v) is 10.1. The summed E-state index contributed by atoms with van der Waals surface area (Å²) in [5.74, 6) is 2.25. The third kappa shape index (κ3) is 1.71. The monoisotopic (exact) mass is 253 g/mol. The Labute approximate surface area is 109 Å². The first-order valence-electron chi connectivity index (χ1n) is 6.10. The van der Waals surface area contributed by atoms with Gasteiger partial charge in [-0.05, 0) is 24.3 Å². The maximum Gasteiger partial charge on any atom is 0.234 e. The summed E-state index contributed by atoms with van der Waals surface area (Å²) in [6.45, 7) is 1.19. The number of ether oxygens (including phenoxy) is 2. The van der Waals surface area contributed by atoms with E-state index >= 15 is 0 Å². The van der Waals surface area contributed by atoms with Crippen LogP contribution in [0.3, 0.4) is 0 Å². The fourth-order valence-corrected chi connectivity index (χ4v) is 2.17. The quantitative estimate of drug-likeness (QED) is 0.667. The van der Waals surface area contributed by atoms with Gasteiger partial charge in [0.25, 0.3) is 0 Å². The number of benzene rings is 1. The molecule has 0 saturated carbocycles. The smallest absolute Gasteiger partial charge is 0.234 e. The molecule has 1 aliphatic heterocycles. The van der Waals surface area contributed by atoms with E-state index < -0.39 is 0 Å². The van der Waals surface area contributed by atoms with Gasteiger partial charge in [-0.15, -0.1) is 0 Å². The number of hydrogen-bond donors (Lipinski definition) is 0. The van der Waals surface area contributed by atoms with Crippen LogP contribution in [0, 0.1) is 0 Å². The maximum absolute atomic E-state index is 5.58. The molecule has 1 aromatic carbocycles. The molecule has 0 radical (unpaired) electrons. The largest absolute Gasteiger partial charge is 0.486 e. The lowest BCUT2D eigenvalue weighted by molar-refractivity contribution is 0.171. The van der Waals surface area contributed by atoms with Gasteiger partial charge in [0.05, 0.1) is 5.69 Å². The summed E-state index contributed by atoms with van der Waals surface area (Å²) in [7, 11) is 0. The highest BCUT2D eigenvalue weighted by atomic mass is 16.6. The fraction of sp³-hybridized carbons (Fsp3) is 0.143. The highest BCUT2D eigenvalue weighted by molar-refractivity contribution is 5.65. The van der Waals surface area contributed by atoms with E-state index in [2.05, 4.69) is 9.97 Å². The molecular weight excluding hydrogens is 242 g/mol. The van der Waals surface area contributed by atoms with Crippen LogP contribution in [-0.2, 0) is 0 Å². The minimum Gasteiger partial charge on any atom is -0.486 e. The van der Waals surface area contributed by atoms with Crippen molar-refractivity contribution in [2.24, 2.45) is 0 Å². The van der Waals surface area contributed by atoms with Gasteiger partial charge in [-0.2, -0.15) is 0 Å². The predicted molar refractivity (Wildman–Crippen MR) is 69.4 cm³/mol. The number of rotatable bonds is 1. The average Bonchev–Trinajstić information content (AvgIpc) is 2.90. The molecule has 0 unspecified atom stereocenters. The third-order valence-electron chi connectivity index (χ3n) is 3.07.